The number of esters is 1. The normalized spacial score (nSPS) is 10.6. The van der Waals surface area contributed by atoms with Crippen LogP contribution in [0.4, 0.5) is 0 Å². The lowest BCUT2D eigenvalue weighted by molar-refractivity contribution is 0.0729. The van der Waals surface area contributed by atoms with Crippen LogP contribution < -0.4 is 24.4 Å². The molecule has 1 N–H and O–H groups in total. The second-order valence-electron chi connectivity index (χ2n) is 7.33. The Morgan fingerprint density at radius 1 is 0.857 bits per heavy atom. The SMILES string of the molecule is CCCOc1ccc(C(=O)Oc2ccc(/C=N\NC(=O)c3ccc(OCC)cc3)cc2OC)cc1. The summed E-state index contributed by atoms with van der Waals surface area (Å²) >= 11 is 0. The standard InChI is InChI=1S/C27H28N2O6/c1-4-16-34-23-13-9-21(10-14-23)27(31)35-24-15-6-19(17-25(24)32-3)18-28-29-26(30)20-7-11-22(12-8-20)33-5-2/h6-15,17-18H,4-5,16H2,1-3H3,(H,29,30)/b28-18-. The van der Waals surface area contributed by atoms with Gasteiger partial charge in [0, 0.05) is 5.56 Å². The molecule has 0 unspecified atom stereocenters. The summed E-state index contributed by atoms with van der Waals surface area (Å²) in [7, 11) is 1.47. The van der Waals surface area contributed by atoms with Crippen LogP contribution in [0.3, 0.4) is 0 Å². The molecule has 0 aliphatic heterocycles. The smallest absolute Gasteiger partial charge is 0.343 e. The van der Waals surface area contributed by atoms with Gasteiger partial charge >= 0.3 is 5.97 Å². The lowest BCUT2D eigenvalue weighted by atomic mass is 10.2. The van der Waals surface area contributed by atoms with Gasteiger partial charge in [-0.05, 0) is 85.6 Å². The molecule has 0 radical (unpaired) electrons. The van der Waals surface area contributed by atoms with Gasteiger partial charge in [0.05, 0.1) is 32.1 Å². The van der Waals surface area contributed by atoms with Crippen LogP contribution in [0.5, 0.6) is 23.0 Å². The highest BCUT2D eigenvalue weighted by Crippen LogP contribution is 2.28. The van der Waals surface area contributed by atoms with E-state index in [9.17, 15) is 9.59 Å². The number of benzene rings is 3. The molecule has 0 aliphatic carbocycles. The summed E-state index contributed by atoms with van der Waals surface area (Å²) in [5, 5.41) is 3.99. The van der Waals surface area contributed by atoms with Crippen molar-refractivity contribution < 1.29 is 28.5 Å². The van der Waals surface area contributed by atoms with Crippen molar-refractivity contribution in [3.63, 3.8) is 0 Å². The van der Waals surface area contributed by atoms with Gasteiger partial charge in [-0.2, -0.15) is 5.10 Å². The topological polar surface area (TPSA) is 95.5 Å². The number of rotatable bonds is 11. The van der Waals surface area contributed by atoms with Crippen LogP contribution in [0.2, 0.25) is 0 Å². The fourth-order valence-electron chi connectivity index (χ4n) is 3.01. The van der Waals surface area contributed by atoms with Crippen molar-refractivity contribution in [3.8, 4) is 23.0 Å². The summed E-state index contributed by atoms with van der Waals surface area (Å²) in [5.74, 6) is 1.13. The molecule has 1 amide bonds. The van der Waals surface area contributed by atoms with Crippen LogP contribution >= 0.6 is 0 Å². The Balaban J connectivity index is 1.60. The molecule has 3 aromatic rings. The zero-order valence-electron chi connectivity index (χ0n) is 19.9. The van der Waals surface area contributed by atoms with E-state index in [1.807, 2.05) is 13.8 Å². The van der Waals surface area contributed by atoms with E-state index in [2.05, 4.69) is 10.5 Å². The second-order valence-corrected chi connectivity index (χ2v) is 7.33. The number of carbonyl (C=O) groups is 2. The van der Waals surface area contributed by atoms with Crippen molar-refractivity contribution in [2.75, 3.05) is 20.3 Å². The summed E-state index contributed by atoms with van der Waals surface area (Å²) in [6.07, 6.45) is 2.37. The Kier molecular flexibility index (Phi) is 9.24. The molecule has 0 heterocycles. The molecule has 8 nitrogen and oxygen atoms in total. The van der Waals surface area contributed by atoms with E-state index >= 15 is 0 Å². The minimum atomic E-state index is -0.519. The van der Waals surface area contributed by atoms with E-state index in [0.717, 1.165) is 6.42 Å². The van der Waals surface area contributed by atoms with Gasteiger partial charge < -0.3 is 18.9 Å². The quantitative estimate of drug-likeness (QED) is 0.184. The van der Waals surface area contributed by atoms with Gasteiger partial charge in [-0.15, -0.1) is 0 Å². The summed E-state index contributed by atoms with van der Waals surface area (Å²) in [5.41, 5.74) is 3.96. The van der Waals surface area contributed by atoms with Crippen LogP contribution in [-0.2, 0) is 0 Å². The lowest BCUT2D eigenvalue weighted by Crippen LogP contribution is -2.17. The molecule has 0 aromatic heterocycles. The molecule has 0 atom stereocenters. The first-order valence-corrected chi connectivity index (χ1v) is 11.2. The van der Waals surface area contributed by atoms with E-state index in [0.29, 0.717) is 47.2 Å². The van der Waals surface area contributed by atoms with Gasteiger partial charge in [0.25, 0.3) is 5.91 Å². The number of carbonyl (C=O) groups excluding carboxylic acids is 2. The summed E-state index contributed by atoms with van der Waals surface area (Å²) in [6.45, 7) is 5.08. The maximum atomic E-state index is 12.5. The highest BCUT2D eigenvalue weighted by atomic mass is 16.6. The average Bonchev–Trinajstić information content (AvgIpc) is 2.89. The van der Waals surface area contributed by atoms with Crippen molar-refractivity contribution >= 4 is 18.1 Å². The largest absolute Gasteiger partial charge is 0.494 e. The van der Waals surface area contributed by atoms with Crippen LogP contribution in [0.15, 0.2) is 71.8 Å². The Bertz CT molecular complexity index is 1160. The van der Waals surface area contributed by atoms with Crippen molar-refractivity contribution in [2.45, 2.75) is 20.3 Å². The summed E-state index contributed by atoms with van der Waals surface area (Å²) < 4.78 is 21.7. The maximum absolute atomic E-state index is 12.5. The van der Waals surface area contributed by atoms with E-state index in [-0.39, 0.29) is 11.7 Å². The number of hydrazone groups is 1. The van der Waals surface area contributed by atoms with Crippen LogP contribution in [-0.4, -0.2) is 38.4 Å². The summed E-state index contributed by atoms with van der Waals surface area (Å²) in [4.78, 5) is 24.8. The monoisotopic (exact) mass is 476 g/mol. The van der Waals surface area contributed by atoms with Crippen LogP contribution in [0, 0.1) is 0 Å². The first kappa shape index (κ1) is 25.3. The molecule has 3 aromatic carbocycles. The molecule has 0 spiro atoms. The Morgan fingerprint density at radius 3 is 2.14 bits per heavy atom. The van der Waals surface area contributed by atoms with E-state index in [4.69, 9.17) is 18.9 Å². The average molecular weight is 477 g/mol. The molecule has 0 saturated heterocycles. The highest BCUT2D eigenvalue weighted by Gasteiger charge is 2.13. The fourth-order valence-corrected chi connectivity index (χ4v) is 3.01. The highest BCUT2D eigenvalue weighted by molar-refractivity contribution is 5.95. The minimum Gasteiger partial charge on any atom is -0.494 e. The van der Waals surface area contributed by atoms with Gasteiger partial charge in [-0.25, -0.2) is 10.2 Å². The van der Waals surface area contributed by atoms with Crippen molar-refractivity contribution in [1.29, 1.82) is 0 Å². The van der Waals surface area contributed by atoms with E-state index in [1.54, 1.807) is 66.7 Å². The third kappa shape index (κ3) is 7.33. The number of ether oxygens (including phenoxy) is 4. The molecular formula is C27H28N2O6. The summed E-state index contributed by atoms with van der Waals surface area (Å²) in [6, 6.07) is 18.5. The number of hydrogen-bond donors (Lipinski definition) is 1. The second kappa shape index (κ2) is 12.8. The molecule has 0 fully saturated rings. The first-order valence-electron chi connectivity index (χ1n) is 11.2. The van der Waals surface area contributed by atoms with Crippen molar-refractivity contribution in [2.24, 2.45) is 5.10 Å². The lowest BCUT2D eigenvalue weighted by Gasteiger charge is -2.10. The number of nitrogens with one attached hydrogen (secondary N) is 1. The number of amides is 1. The zero-order chi connectivity index (χ0) is 25.0. The molecule has 35 heavy (non-hydrogen) atoms. The van der Waals surface area contributed by atoms with Crippen LogP contribution in [0.1, 0.15) is 46.5 Å². The van der Waals surface area contributed by atoms with Crippen molar-refractivity contribution in [1.82, 2.24) is 5.43 Å². The maximum Gasteiger partial charge on any atom is 0.343 e. The van der Waals surface area contributed by atoms with Gasteiger partial charge in [-0.1, -0.05) is 6.92 Å². The molecule has 0 bridgehead atoms. The van der Waals surface area contributed by atoms with Crippen LogP contribution in [0.25, 0.3) is 0 Å². The molecule has 0 saturated carbocycles. The Hall–Kier alpha value is -4.33. The third-order valence-corrected chi connectivity index (χ3v) is 4.76. The third-order valence-electron chi connectivity index (χ3n) is 4.76. The Morgan fingerprint density at radius 2 is 1.51 bits per heavy atom. The predicted octanol–water partition coefficient (Wildman–Crippen LogP) is 4.87. The van der Waals surface area contributed by atoms with E-state index in [1.165, 1.54) is 13.3 Å². The molecular weight excluding hydrogens is 448 g/mol. The molecule has 8 heteroatoms. The van der Waals surface area contributed by atoms with Gasteiger partial charge in [-0.3, -0.25) is 4.79 Å². The van der Waals surface area contributed by atoms with Gasteiger partial charge in [0.1, 0.15) is 11.5 Å². The number of hydrogen-bond acceptors (Lipinski definition) is 7. The molecule has 0 aliphatic rings. The first-order chi connectivity index (χ1) is 17.0. The van der Waals surface area contributed by atoms with E-state index < -0.39 is 5.97 Å². The van der Waals surface area contributed by atoms with Gasteiger partial charge in [0.2, 0.25) is 0 Å². The number of nitrogens with zero attached hydrogens (tertiary/aromatic N) is 1. The Labute approximate surface area is 204 Å². The molecule has 182 valence electrons. The zero-order valence-corrected chi connectivity index (χ0v) is 19.9. The predicted molar refractivity (Wildman–Crippen MR) is 133 cm³/mol. The fraction of sp³-hybridized carbons (Fsp3) is 0.222. The van der Waals surface area contributed by atoms with Crippen molar-refractivity contribution in [3.05, 3.63) is 83.4 Å². The van der Waals surface area contributed by atoms with Gasteiger partial charge in [0.15, 0.2) is 11.5 Å². The molecule has 3 rings (SSSR count). The minimum absolute atomic E-state index is 0.263. The number of methoxy groups -OCH3 is 1.